The highest BCUT2D eigenvalue weighted by Gasteiger charge is 1.92. The van der Waals surface area contributed by atoms with E-state index in [1.165, 1.54) is 5.57 Å². The molecule has 0 aliphatic rings. The van der Waals surface area contributed by atoms with Crippen LogP contribution in [-0.4, -0.2) is 26.3 Å². The van der Waals surface area contributed by atoms with Gasteiger partial charge in [-0.15, -0.1) is 6.58 Å². The second kappa shape index (κ2) is 8.27. The van der Waals surface area contributed by atoms with E-state index >= 15 is 0 Å². The van der Waals surface area contributed by atoms with Crippen LogP contribution in [0.1, 0.15) is 27.2 Å². The molecule has 0 amide bonds. The van der Waals surface area contributed by atoms with Crippen molar-refractivity contribution in [2.24, 2.45) is 5.92 Å². The molecule has 1 N–H and O–H groups in total. The van der Waals surface area contributed by atoms with Crippen LogP contribution in [0.3, 0.4) is 0 Å². The zero-order valence-corrected chi connectivity index (χ0v) is 9.23. The predicted molar refractivity (Wildman–Crippen MR) is 58.0 cm³/mol. The molecule has 0 aromatic carbocycles. The van der Waals surface area contributed by atoms with Crippen LogP contribution in [0.2, 0.25) is 0 Å². The van der Waals surface area contributed by atoms with Crippen molar-refractivity contribution < 1.29 is 4.74 Å². The molecule has 78 valence electrons. The second-order valence-electron chi connectivity index (χ2n) is 3.92. The summed E-state index contributed by atoms with van der Waals surface area (Å²) in [5.74, 6) is 0.718. The summed E-state index contributed by atoms with van der Waals surface area (Å²) in [5, 5.41) is 3.33. The van der Waals surface area contributed by atoms with Crippen molar-refractivity contribution in [1.29, 1.82) is 0 Å². The number of hydrogen-bond donors (Lipinski definition) is 1. The first kappa shape index (κ1) is 12.7. The lowest BCUT2D eigenvalue weighted by Gasteiger charge is -2.07. The summed E-state index contributed by atoms with van der Waals surface area (Å²) < 4.78 is 5.40. The largest absolute Gasteiger partial charge is 0.380 e. The van der Waals surface area contributed by atoms with Crippen molar-refractivity contribution >= 4 is 0 Å². The van der Waals surface area contributed by atoms with Gasteiger partial charge in [0.05, 0.1) is 13.2 Å². The molecule has 13 heavy (non-hydrogen) atoms. The Labute approximate surface area is 82.4 Å². The number of hydrogen-bond acceptors (Lipinski definition) is 2. The van der Waals surface area contributed by atoms with E-state index in [1.807, 2.05) is 6.92 Å². The summed E-state index contributed by atoms with van der Waals surface area (Å²) in [6.45, 7) is 13.9. The summed E-state index contributed by atoms with van der Waals surface area (Å²) in [6.07, 6.45) is 0.976. The van der Waals surface area contributed by atoms with E-state index in [0.717, 1.165) is 38.6 Å². The maximum absolute atomic E-state index is 5.40. The number of nitrogens with one attached hydrogen (secondary N) is 1. The summed E-state index contributed by atoms with van der Waals surface area (Å²) in [7, 11) is 0. The molecule has 0 spiro atoms. The maximum atomic E-state index is 5.40. The molecule has 0 aliphatic heterocycles. The maximum Gasteiger partial charge on any atom is 0.0591 e. The molecule has 0 rings (SSSR count). The molecule has 0 aromatic heterocycles. The average Bonchev–Trinajstić information content (AvgIpc) is 2.01. The highest BCUT2D eigenvalue weighted by Crippen LogP contribution is 1.94. The topological polar surface area (TPSA) is 21.3 Å². The van der Waals surface area contributed by atoms with Gasteiger partial charge in [0, 0.05) is 6.54 Å². The van der Waals surface area contributed by atoms with E-state index in [4.69, 9.17) is 4.74 Å². The fourth-order valence-electron chi connectivity index (χ4n) is 0.884. The number of rotatable bonds is 8. The third-order valence-electron chi connectivity index (χ3n) is 1.65. The zero-order chi connectivity index (χ0) is 10.1. The quantitative estimate of drug-likeness (QED) is 0.462. The van der Waals surface area contributed by atoms with Crippen LogP contribution in [0.15, 0.2) is 12.2 Å². The van der Waals surface area contributed by atoms with Gasteiger partial charge in [0.2, 0.25) is 0 Å². The van der Waals surface area contributed by atoms with Crippen molar-refractivity contribution in [2.45, 2.75) is 27.2 Å². The van der Waals surface area contributed by atoms with Crippen LogP contribution in [0.25, 0.3) is 0 Å². The highest BCUT2D eigenvalue weighted by molar-refractivity contribution is 4.86. The molecule has 0 atom stereocenters. The lowest BCUT2D eigenvalue weighted by molar-refractivity contribution is 0.138. The summed E-state index contributed by atoms with van der Waals surface area (Å²) in [6, 6.07) is 0. The highest BCUT2D eigenvalue weighted by atomic mass is 16.5. The Kier molecular flexibility index (Phi) is 8.05. The lowest BCUT2D eigenvalue weighted by atomic mass is 10.2. The minimum absolute atomic E-state index is 0.718. The molecule has 2 nitrogen and oxygen atoms in total. The van der Waals surface area contributed by atoms with Crippen LogP contribution in [0.5, 0.6) is 0 Å². The number of ether oxygens (including phenoxy) is 1. The standard InChI is InChI=1S/C11H23NO/c1-10(2)5-7-13-8-6-12-9-11(3)4/h11-12H,1,5-9H2,2-4H3. The van der Waals surface area contributed by atoms with Gasteiger partial charge in [-0.3, -0.25) is 0 Å². The first-order valence-electron chi connectivity index (χ1n) is 5.05. The Bertz CT molecular complexity index is 132. The molecular formula is C11H23NO. The van der Waals surface area contributed by atoms with Gasteiger partial charge in [-0.25, -0.2) is 0 Å². The van der Waals surface area contributed by atoms with E-state index in [1.54, 1.807) is 0 Å². The van der Waals surface area contributed by atoms with Crippen molar-refractivity contribution in [3.63, 3.8) is 0 Å². The summed E-state index contributed by atoms with van der Waals surface area (Å²) in [5.41, 5.74) is 1.19. The van der Waals surface area contributed by atoms with Gasteiger partial charge in [-0.05, 0) is 25.8 Å². The van der Waals surface area contributed by atoms with E-state index in [2.05, 4.69) is 25.7 Å². The smallest absolute Gasteiger partial charge is 0.0591 e. The van der Waals surface area contributed by atoms with Crippen molar-refractivity contribution in [3.8, 4) is 0 Å². The van der Waals surface area contributed by atoms with E-state index < -0.39 is 0 Å². The molecular weight excluding hydrogens is 162 g/mol. The fraction of sp³-hybridized carbons (Fsp3) is 0.818. The van der Waals surface area contributed by atoms with Crippen LogP contribution in [0, 0.1) is 5.92 Å². The zero-order valence-electron chi connectivity index (χ0n) is 9.23. The summed E-state index contributed by atoms with van der Waals surface area (Å²) >= 11 is 0. The molecule has 0 aliphatic carbocycles. The van der Waals surface area contributed by atoms with Crippen molar-refractivity contribution in [2.75, 3.05) is 26.3 Å². The first-order valence-corrected chi connectivity index (χ1v) is 5.05. The van der Waals surface area contributed by atoms with Gasteiger partial charge in [-0.1, -0.05) is 19.4 Å². The third-order valence-corrected chi connectivity index (χ3v) is 1.65. The van der Waals surface area contributed by atoms with Gasteiger partial charge in [0.25, 0.3) is 0 Å². The van der Waals surface area contributed by atoms with Crippen LogP contribution < -0.4 is 5.32 Å². The molecule has 0 aromatic rings. The fourth-order valence-corrected chi connectivity index (χ4v) is 0.884. The summed E-state index contributed by atoms with van der Waals surface area (Å²) in [4.78, 5) is 0. The molecule has 0 unspecified atom stereocenters. The van der Waals surface area contributed by atoms with Gasteiger partial charge in [0.15, 0.2) is 0 Å². The molecule has 0 saturated heterocycles. The monoisotopic (exact) mass is 185 g/mol. The normalized spacial score (nSPS) is 10.8. The predicted octanol–water partition coefficient (Wildman–Crippen LogP) is 2.21. The Morgan fingerprint density at radius 3 is 2.62 bits per heavy atom. The van der Waals surface area contributed by atoms with E-state index in [-0.39, 0.29) is 0 Å². The van der Waals surface area contributed by atoms with Crippen molar-refractivity contribution in [1.82, 2.24) is 5.32 Å². The van der Waals surface area contributed by atoms with Gasteiger partial charge >= 0.3 is 0 Å². The van der Waals surface area contributed by atoms with Crippen LogP contribution in [0.4, 0.5) is 0 Å². The third kappa shape index (κ3) is 11.7. The van der Waals surface area contributed by atoms with Gasteiger partial charge in [-0.2, -0.15) is 0 Å². The molecule has 0 fully saturated rings. The minimum atomic E-state index is 0.718. The second-order valence-corrected chi connectivity index (χ2v) is 3.92. The molecule has 0 radical (unpaired) electrons. The Hall–Kier alpha value is -0.340. The molecule has 2 heteroatoms. The molecule has 0 heterocycles. The van der Waals surface area contributed by atoms with Crippen LogP contribution in [-0.2, 0) is 4.74 Å². The Morgan fingerprint density at radius 1 is 1.38 bits per heavy atom. The van der Waals surface area contributed by atoms with Gasteiger partial charge < -0.3 is 10.1 Å². The molecule has 0 saturated carbocycles. The Balaban J connectivity index is 2.96. The Morgan fingerprint density at radius 2 is 2.08 bits per heavy atom. The lowest BCUT2D eigenvalue weighted by Crippen LogP contribution is -2.24. The van der Waals surface area contributed by atoms with Crippen LogP contribution >= 0.6 is 0 Å². The van der Waals surface area contributed by atoms with E-state index in [9.17, 15) is 0 Å². The van der Waals surface area contributed by atoms with Gasteiger partial charge in [0.1, 0.15) is 0 Å². The molecule has 0 bridgehead atoms. The SMILES string of the molecule is C=C(C)CCOCCNCC(C)C. The van der Waals surface area contributed by atoms with Crippen molar-refractivity contribution in [3.05, 3.63) is 12.2 Å². The minimum Gasteiger partial charge on any atom is -0.380 e. The average molecular weight is 185 g/mol. The first-order chi connectivity index (χ1) is 6.13. The van der Waals surface area contributed by atoms with E-state index in [0.29, 0.717) is 0 Å².